The third-order valence-corrected chi connectivity index (χ3v) is 3.53. The van der Waals surface area contributed by atoms with Gasteiger partial charge in [0.05, 0.1) is 29.1 Å². The fourth-order valence-electron chi connectivity index (χ4n) is 1.90. The third kappa shape index (κ3) is 3.11. The summed E-state index contributed by atoms with van der Waals surface area (Å²) in [6, 6.07) is 4.42. The zero-order chi connectivity index (χ0) is 15.6. The lowest BCUT2D eigenvalue weighted by molar-refractivity contribution is 0.0696. The molecule has 6 nitrogen and oxygen atoms in total. The first-order valence-electron chi connectivity index (χ1n) is 6.16. The molecule has 0 spiro atoms. The molecule has 1 aromatic carbocycles. The Bertz CT molecular complexity index is 682. The normalized spacial score (nSPS) is 10.5. The molecular formula is C14H15ClN2O4. The van der Waals surface area contributed by atoms with Crippen LogP contribution in [-0.4, -0.2) is 28.0 Å². The van der Waals surface area contributed by atoms with E-state index in [4.69, 9.17) is 26.2 Å². The van der Waals surface area contributed by atoms with Gasteiger partial charge < -0.3 is 14.6 Å². The van der Waals surface area contributed by atoms with Gasteiger partial charge in [0, 0.05) is 7.05 Å². The van der Waals surface area contributed by atoms with Gasteiger partial charge in [-0.15, -0.1) is 0 Å². The molecule has 112 valence electrons. The van der Waals surface area contributed by atoms with E-state index in [1.807, 2.05) is 6.92 Å². The van der Waals surface area contributed by atoms with Crippen molar-refractivity contribution in [2.45, 2.75) is 13.5 Å². The summed E-state index contributed by atoms with van der Waals surface area (Å²) >= 11 is 6.15. The Hall–Kier alpha value is -2.21. The molecule has 0 aliphatic rings. The minimum absolute atomic E-state index is 0.133. The van der Waals surface area contributed by atoms with E-state index in [0.717, 1.165) is 11.4 Å². The van der Waals surface area contributed by atoms with Crippen LogP contribution in [0.2, 0.25) is 5.02 Å². The average Bonchev–Trinajstić information content (AvgIpc) is 2.70. The average molecular weight is 311 g/mol. The number of benzene rings is 1. The summed E-state index contributed by atoms with van der Waals surface area (Å²) in [5.41, 5.74) is 1.60. The monoisotopic (exact) mass is 310 g/mol. The molecule has 0 radical (unpaired) electrons. The number of carboxylic acid groups (broad SMARTS) is 1. The zero-order valence-electron chi connectivity index (χ0n) is 11.9. The lowest BCUT2D eigenvalue weighted by Crippen LogP contribution is -2.05. The predicted molar refractivity (Wildman–Crippen MR) is 77.2 cm³/mol. The van der Waals surface area contributed by atoms with E-state index in [1.165, 1.54) is 19.2 Å². The Labute approximate surface area is 126 Å². The number of ether oxygens (including phenoxy) is 2. The molecule has 1 heterocycles. The van der Waals surface area contributed by atoms with Crippen LogP contribution in [0, 0.1) is 6.92 Å². The highest BCUT2D eigenvalue weighted by atomic mass is 35.5. The summed E-state index contributed by atoms with van der Waals surface area (Å²) in [5.74, 6) is -0.229. The van der Waals surface area contributed by atoms with Crippen molar-refractivity contribution in [2.75, 3.05) is 7.11 Å². The number of aryl methyl sites for hydroxylation is 2. The molecular weight excluding hydrogens is 296 g/mol. The van der Waals surface area contributed by atoms with E-state index in [1.54, 1.807) is 17.8 Å². The second-order valence-electron chi connectivity index (χ2n) is 4.43. The Balaban J connectivity index is 2.22. The van der Waals surface area contributed by atoms with E-state index in [9.17, 15) is 4.79 Å². The molecule has 0 aliphatic heterocycles. The Morgan fingerprint density at radius 3 is 2.67 bits per heavy atom. The van der Waals surface area contributed by atoms with Crippen LogP contribution in [0.15, 0.2) is 18.2 Å². The van der Waals surface area contributed by atoms with E-state index < -0.39 is 5.97 Å². The SMILES string of the molecule is COc1cc(C(=O)O)ccc1OCc1c(Cl)c(C)nn1C. The second kappa shape index (κ2) is 6.05. The molecule has 7 heteroatoms. The molecule has 0 aliphatic carbocycles. The molecule has 0 saturated heterocycles. The number of aromatic carboxylic acids is 1. The van der Waals surface area contributed by atoms with Gasteiger partial charge in [-0.3, -0.25) is 4.68 Å². The molecule has 0 bridgehead atoms. The number of carboxylic acids is 1. The first-order valence-corrected chi connectivity index (χ1v) is 6.54. The fourth-order valence-corrected chi connectivity index (χ4v) is 2.12. The topological polar surface area (TPSA) is 73.6 Å². The van der Waals surface area contributed by atoms with Gasteiger partial charge in [0.15, 0.2) is 11.5 Å². The van der Waals surface area contributed by atoms with Crippen molar-refractivity contribution in [3.8, 4) is 11.5 Å². The Morgan fingerprint density at radius 1 is 1.43 bits per heavy atom. The van der Waals surface area contributed by atoms with Gasteiger partial charge in [0.25, 0.3) is 0 Å². The number of methoxy groups -OCH3 is 1. The van der Waals surface area contributed by atoms with Gasteiger partial charge in [0.2, 0.25) is 0 Å². The van der Waals surface area contributed by atoms with Crippen molar-refractivity contribution in [1.29, 1.82) is 0 Å². The molecule has 0 fully saturated rings. The van der Waals surface area contributed by atoms with Crippen molar-refractivity contribution in [2.24, 2.45) is 7.05 Å². The largest absolute Gasteiger partial charge is 0.493 e. The van der Waals surface area contributed by atoms with Crippen LogP contribution in [-0.2, 0) is 13.7 Å². The molecule has 2 aromatic rings. The number of halogens is 1. The minimum atomic E-state index is -1.02. The third-order valence-electron chi connectivity index (χ3n) is 3.04. The molecule has 1 aromatic heterocycles. The highest BCUT2D eigenvalue weighted by Gasteiger charge is 2.14. The van der Waals surface area contributed by atoms with Gasteiger partial charge >= 0.3 is 5.97 Å². The summed E-state index contributed by atoms with van der Waals surface area (Å²) in [6.07, 6.45) is 0. The van der Waals surface area contributed by atoms with Crippen molar-refractivity contribution in [3.63, 3.8) is 0 Å². The number of rotatable bonds is 5. The van der Waals surface area contributed by atoms with Gasteiger partial charge in [-0.1, -0.05) is 11.6 Å². The first kappa shape index (κ1) is 15.2. The lowest BCUT2D eigenvalue weighted by Gasteiger charge is -2.11. The van der Waals surface area contributed by atoms with Crippen LogP contribution in [0.4, 0.5) is 0 Å². The quantitative estimate of drug-likeness (QED) is 0.919. The Kier molecular flexibility index (Phi) is 4.37. The summed E-state index contributed by atoms with van der Waals surface area (Å²) in [7, 11) is 3.23. The first-order chi connectivity index (χ1) is 9.93. The van der Waals surface area contributed by atoms with Crippen molar-refractivity contribution >= 4 is 17.6 Å². The van der Waals surface area contributed by atoms with Gasteiger partial charge in [-0.2, -0.15) is 5.10 Å². The van der Waals surface area contributed by atoms with Crippen LogP contribution < -0.4 is 9.47 Å². The number of hydrogen-bond acceptors (Lipinski definition) is 4. The summed E-state index contributed by atoms with van der Waals surface area (Å²) in [5, 5.41) is 13.7. The van der Waals surface area contributed by atoms with Crippen LogP contribution in [0.3, 0.4) is 0 Å². The van der Waals surface area contributed by atoms with Crippen molar-refractivity contribution < 1.29 is 19.4 Å². The van der Waals surface area contributed by atoms with Crippen LogP contribution in [0.1, 0.15) is 21.7 Å². The van der Waals surface area contributed by atoms with E-state index >= 15 is 0 Å². The van der Waals surface area contributed by atoms with E-state index in [0.29, 0.717) is 16.5 Å². The highest BCUT2D eigenvalue weighted by Crippen LogP contribution is 2.30. The lowest BCUT2D eigenvalue weighted by atomic mass is 10.2. The van der Waals surface area contributed by atoms with Gasteiger partial charge in [0.1, 0.15) is 6.61 Å². The van der Waals surface area contributed by atoms with Gasteiger partial charge in [-0.05, 0) is 25.1 Å². The van der Waals surface area contributed by atoms with Crippen molar-refractivity contribution in [1.82, 2.24) is 9.78 Å². The van der Waals surface area contributed by atoms with E-state index in [2.05, 4.69) is 5.10 Å². The highest BCUT2D eigenvalue weighted by molar-refractivity contribution is 6.31. The summed E-state index contributed by atoms with van der Waals surface area (Å²) < 4.78 is 12.5. The summed E-state index contributed by atoms with van der Waals surface area (Å²) in [6.45, 7) is 2.02. The molecule has 21 heavy (non-hydrogen) atoms. The molecule has 0 atom stereocenters. The molecule has 1 N–H and O–H groups in total. The maximum absolute atomic E-state index is 10.9. The fraction of sp³-hybridized carbons (Fsp3) is 0.286. The molecule has 0 unspecified atom stereocenters. The van der Waals surface area contributed by atoms with Crippen LogP contribution in [0.25, 0.3) is 0 Å². The van der Waals surface area contributed by atoms with Crippen molar-refractivity contribution in [3.05, 3.63) is 40.2 Å². The standard InChI is InChI=1S/C14H15ClN2O4/c1-8-13(15)10(17(2)16-8)7-21-11-5-4-9(14(18)19)6-12(11)20-3/h4-6H,7H2,1-3H3,(H,18,19). The number of hydrogen-bond donors (Lipinski definition) is 1. The molecule has 0 amide bonds. The predicted octanol–water partition coefficient (Wildman–Crippen LogP) is 2.67. The maximum atomic E-state index is 10.9. The number of aromatic nitrogens is 2. The Morgan fingerprint density at radius 2 is 2.14 bits per heavy atom. The number of nitrogens with zero attached hydrogens (tertiary/aromatic N) is 2. The molecule has 2 rings (SSSR count). The van der Waals surface area contributed by atoms with Crippen LogP contribution in [0.5, 0.6) is 11.5 Å². The number of carbonyl (C=O) groups is 1. The summed E-state index contributed by atoms with van der Waals surface area (Å²) in [4.78, 5) is 10.9. The second-order valence-corrected chi connectivity index (χ2v) is 4.81. The maximum Gasteiger partial charge on any atom is 0.335 e. The molecule has 0 saturated carbocycles. The van der Waals surface area contributed by atoms with E-state index in [-0.39, 0.29) is 12.2 Å². The zero-order valence-corrected chi connectivity index (χ0v) is 12.6. The van der Waals surface area contributed by atoms with Gasteiger partial charge in [-0.25, -0.2) is 4.79 Å². The minimum Gasteiger partial charge on any atom is -0.493 e. The van der Waals surface area contributed by atoms with Crippen LogP contribution >= 0.6 is 11.6 Å². The smallest absolute Gasteiger partial charge is 0.335 e.